The zero-order valence-electron chi connectivity index (χ0n) is 14.7. The Labute approximate surface area is 171 Å². The molecule has 0 saturated carbocycles. The molecular weight excluding hydrogens is 408 g/mol. The average Bonchev–Trinajstić information content (AvgIpc) is 2.65. The van der Waals surface area contributed by atoms with Crippen LogP contribution in [0.25, 0.3) is 0 Å². The van der Waals surface area contributed by atoms with Gasteiger partial charge in [0.15, 0.2) is 0 Å². The van der Waals surface area contributed by atoms with Gasteiger partial charge in [0.25, 0.3) is 5.91 Å². The normalized spacial score (nSPS) is 10.2. The number of hydrogen-bond donors (Lipinski definition) is 3. The van der Waals surface area contributed by atoms with Crippen molar-refractivity contribution in [2.75, 3.05) is 19.6 Å². The lowest BCUT2D eigenvalue weighted by atomic mass is 10.1. The molecular formula is C19H18Cl2FN3O3. The van der Waals surface area contributed by atoms with Crippen molar-refractivity contribution in [3.63, 3.8) is 0 Å². The maximum Gasteiger partial charge on any atom is 0.251 e. The minimum Gasteiger partial charge on any atom is -0.353 e. The lowest BCUT2D eigenvalue weighted by molar-refractivity contribution is -0.125. The van der Waals surface area contributed by atoms with E-state index in [0.29, 0.717) is 16.1 Å². The molecule has 0 radical (unpaired) electrons. The third-order valence-electron chi connectivity index (χ3n) is 3.61. The van der Waals surface area contributed by atoms with Crippen LogP contribution in [0, 0.1) is 5.82 Å². The molecule has 2 aromatic rings. The molecule has 3 N–H and O–H groups in total. The molecule has 2 rings (SSSR count). The molecule has 28 heavy (non-hydrogen) atoms. The van der Waals surface area contributed by atoms with E-state index in [-0.39, 0.29) is 37.0 Å². The Morgan fingerprint density at radius 1 is 0.857 bits per heavy atom. The molecule has 0 atom stereocenters. The van der Waals surface area contributed by atoms with Gasteiger partial charge in [-0.15, -0.1) is 0 Å². The van der Waals surface area contributed by atoms with Gasteiger partial charge in [-0.05, 0) is 35.9 Å². The van der Waals surface area contributed by atoms with Gasteiger partial charge in [-0.1, -0.05) is 35.3 Å². The number of halogens is 3. The van der Waals surface area contributed by atoms with Crippen molar-refractivity contribution in [1.82, 2.24) is 16.0 Å². The lowest BCUT2D eigenvalue weighted by Gasteiger charge is -2.09. The summed E-state index contributed by atoms with van der Waals surface area (Å²) >= 11 is 11.7. The first-order valence-corrected chi connectivity index (χ1v) is 9.12. The van der Waals surface area contributed by atoms with E-state index < -0.39 is 17.6 Å². The first-order chi connectivity index (χ1) is 13.3. The standard InChI is InChI=1S/C19H18Cl2FN3O3/c20-15-5-4-13(10-16(15)21)19(28)24-7-6-23-18(27)11-25-17(26)9-12-2-1-3-14(22)8-12/h1-5,8,10H,6-7,9,11H2,(H,23,27)(H,24,28)(H,25,26). The van der Waals surface area contributed by atoms with Crippen LogP contribution >= 0.6 is 23.2 Å². The number of carbonyl (C=O) groups is 3. The molecule has 0 aromatic heterocycles. The molecule has 0 aliphatic heterocycles. The Morgan fingerprint density at radius 3 is 2.32 bits per heavy atom. The minimum absolute atomic E-state index is 0.0231. The van der Waals surface area contributed by atoms with Crippen LogP contribution in [0.2, 0.25) is 10.0 Å². The summed E-state index contributed by atoms with van der Waals surface area (Å²) in [4.78, 5) is 35.4. The number of carbonyl (C=O) groups excluding carboxylic acids is 3. The second-order valence-corrected chi connectivity index (χ2v) is 6.63. The van der Waals surface area contributed by atoms with Gasteiger partial charge < -0.3 is 16.0 Å². The molecule has 0 fully saturated rings. The Kier molecular flexibility index (Phi) is 8.22. The zero-order valence-corrected chi connectivity index (χ0v) is 16.2. The van der Waals surface area contributed by atoms with E-state index in [9.17, 15) is 18.8 Å². The van der Waals surface area contributed by atoms with Gasteiger partial charge in [0.2, 0.25) is 11.8 Å². The number of hydrogen-bond acceptors (Lipinski definition) is 3. The fraction of sp³-hybridized carbons (Fsp3) is 0.211. The van der Waals surface area contributed by atoms with E-state index in [2.05, 4.69) is 16.0 Å². The van der Waals surface area contributed by atoms with Crippen molar-refractivity contribution < 1.29 is 18.8 Å². The highest BCUT2D eigenvalue weighted by atomic mass is 35.5. The van der Waals surface area contributed by atoms with Gasteiger partial charge in [-0.3, -0.25) is 14.4 Å². The van der Waals surface area contributed by atoms with Crippen LogP contribution in [-0.2, 0) is 16.0 Å². The van der Waals surface area contributed by atoms with Gasteiger partial charge in [0.1, 0.15) is 5.82 Å². The van der Waals surface area contributed by atoms with Crippen LogP contribution in [-0.4, -0.2) is 37.4 Å². The molecule has 0 aliphatic carbocycles. The molecule has 2 aromatic carbocycles. The fourth-order valence-corrected chi connectivity index (χ4v) is 2.55. The summed E-state index contributed by atoms with van der Waals surface area (Å²) in [5.74, 6) is -1.58. The number of amides is 3. The van der Waals surface area contributed by atoms with Gasteiger partial charge in [-0.2, -0.15) is 0 Å². The molecule has 0 saturated heterocycles. The van der Waals surface area contributed by atoms with Crippen molar-refractivity contribution in [2.24, 2.45) is 0 Å². The highest BCUT2D eigenvalue weighted by Crippen LogP contribution is 2.22. The first kappa shape index (κ1) is 21.7. The third-order valence-corrected chi connectivity index (χ3v) is 4.35. The minimum atomic E-state index is -0.425. The van der Waals surface area contributed by atoms with Crippen LogP contribution in [0.3, 0.4) is 0 Å². The highest BCUT2D eigenvalue weighted by Gasteiger charge is 2.09. The van der Waals surface area contributed by atoms with Crippen LogP contribution in [0.15, 0.2) is 42.5 Å². The summed E-state index contributed by atoms with van der Waals surface area (Å²) in [5.41, 5.74) is 0.869. The highest BCUT2D eigenvalue weighted by molar-refractivity contribution is 6.42. The second kappa shape index (κ2) is 10.6. The van der Waals surface area contributed by atoms with Crippen molar-refractivity contribution >= 4 is 40.9 Å². The summed E-state index contributed by atoms with van der Waals surface area (Å²) in [5, 5.41) is 8.26. The first-order valence-electron chi connectivity index (χ1n) is 8.36. The fourth-order valence-electron chi connectivity index (χ4n) is 2.25. The molecule has 0 heterocycles. The topological polar surface area (TPSA) is 87.3 Å². The smallest absolute Gasteiger partial charge is 0.251 e. The van der Waals surface area contributed by atoms with Crippen LogP contribution in [0.4, 0.5) is 4.39 Å². The quantitative estimate of drug-likeness (QED) is 0.567. The largest absolute Gasteiger partial charge is 0.353 e. The van der Waals surface area contributed by atoms with Crippen molar-refractivity contribution in [3.8, 4) is 0 Å². The molecule has 148 valence electrons. The Bertz CT molecular complexity index is 877. The number of nitrogens with one attached hydrogen (secondary N) is 3. The van der Waals surface area contributed by atoms with Gasteiger partial charge in [0, 0.05) is 18.7 Å². The van der Waals surface area contributed by atoms with Crippen molar-refractivity contribution in [1.29, 1.82) is 0 Å². The molecule has 0 bridgehead atoms. The number of rotatable bonds is 8. The summed E-state index contributed by atoms with van der Waals surface area (Å²) in [7, 11) is 0. The van der Waals surface area contributed by atoms with Gasteiger partial charge in [0.05, 0.1) is 23.0 Å². The molecule has 0 unspecified atom stereocenters. The maximum absolute atomic E-state index is 13.1. The summed E-state index contributed by atoms with van der Waals surface area (Å²) in [6.45, 7) is 0.169. The third kappa shape index (κ3) is 7.17. The van der Waals surface area contributed by atoms with Crippen LogP contribution in [0.5, 0.6) is 0 Å². The average molecular weight is 426 g/mol. The molecule has 0 aliphatic rings. The molecule has 6 nitrogen and oxygen atoms in total. The van der Waals surface area contributed by atoms with Crippen LogP contribution < -0.4 is 16.0 Å². The predicted octanol–water partition coefficient (Wildman–Crippen LogP) is 2.34. The lowest BCUT2D eigenvalue weighted by Crippen LogP contribution is -2.40. The Morgan fingerprint density at radius 2 is 1.61 bits per heavy atom. The molecule has 3 amide bonds. The maximum atomic E-state index is 13.1. The van der Waals surface area contributed by atoms with E-state index in [1.165, 1.54) is 36.4 Å². The van der Waals surface area contributed by atoms with E-state index in [1.807, 2.05) is 0 Å². The van der Waals surface area contributed by atoms with Crippen LogP contribution in [0.1, 0.15) is 15.9 Å². The van der Waals surface area contributed by atoms with Gasteiger partial charge >= 0.3 is 0 Å². The Balaban J connectivity index is 1.63. The zero-order chi connectivity index (χ0) is 20.5. The molecule has 0 spiro atoms. The summed E-state index contributed by atoms with van der Waals surface area (Å²) in [6, 6.07) is 10.2. The monoisotopic (exact) mass is 425 g/mol. The van der Waals surface area contributed by atoms with E-state index in [0.717, 1.165) is 0 Å². The van der Waals surface area contributed by atoms with E-state index in [1.54, 1.807) is 6.07 Å². The van der Waals surface area contributed by atoms with E-state index in [4.69, 9.17) is 23.2 Å². The van der Waals surface area contributed by atoms with Crippen molar-refractivity contribution in [3.05, 3.63) is 69.5 Å². The molecule has 9 heteroatoms. The van der Waals surface area contributed by atoms with E-state index >= 15 is 0 Å². The van der Waals surface area contributed by atoms with Crippen molar-refractivity contribution in [2.45, 2.75) is 6.42 Å². The van der Waals surface area contributed by atoms with Gasteiger partial charge in [-0.25, -0.2) is 4.39 Å². The predicted molar refractivity (Wildman–Crippen MR) is 105 cm³/mol. The Hall–Kier alpha value is -2.64. The summed E-state index contributed by atoms with van der Waals surface area (Å²) < 4.78 is 13.1. The summed E-state index contributed by atoms with van der Waals surface area (Å²) in [6.07, 6.45) is -0.0231. The number of benzene rings is 2. The second-order valence-electron chi connectivity index (χ2n) is 5.82. The SMILES string of the molecule is O=C(CNC(=O)Cc1cccc(F)c1)NCCNC(=O)c1ccc(Cl)c(Cl)c1.